The first kappa shape index (κ1) is 21.4. The van der Waals surface area contributed by atoms with E-state index in [9.17, 15) is 9.59 Å². The van der Waals surface area contributed by atoms with Crippen molar-refractivity contribution in [1.29, 1.82) is 0 Å². The molecule has 0 radical (unpaired) electrons. The van der Waals surface area contributed by atoms with Crippen LogP contribution in [0.1, 0.15) is 37.9 Å². The standard InChI is InChI=1S/C23H28BrN3O2/c1-16(2)14-26(23(29)25-20-10-8-19(24)9-11-20)15-22(28)27-13-12-18-6-4-5-7-21(18)17(27)3/h4-11,16-17H,12-15H2,1-3H3,(H,25,29). The van der Waals surface area contributed by atoms with Crippen LogP contribution in [0.25, 0.3) is 0 Å². The Morgan fingerprint density at radius 3 is 2.55 bits per heavy atom. The number of anilines is 1. The molecule has 0 saturated heterocycles. The van der Waals surface area contributed by atoms with Gasteiger partial charge in [0.1, 0.15) is 6.54 Å². The number of urea groups is 1. The van der Waals surface area contributed by atoms with E-state index in [1.165, 1.54) is 11.1 Å². The molecule has 0 bridgehead atoms. The van der Waals surface area contributed by atoms with Crippen molar-refractivity contribution in [2.45, 2.75) is 33.2 Å². The molecular weight excluding hydrogens is 430 g/mol. The van der Waals surface area contributed by atoms with Crippen molar-refractivity contribution in [2.24, 2.45) is 5.92 Å². The molecule has 0 fully saturated rings. The van der Waals surface area contributed by atoms with Gasteiger partial charge in [-0.05, 0) is 54.7 Å². The van der Waals surface area contributed by atoms with E-state index in [0.717, 1.165) is 10.9 Å². The van der Waals surface area contributed by atoms with E-state index < -0.39 is 0 Å². The molecule has 154 valence electrons. The molecule has 1 unspecified atom stereocenters. The first-order valence-corrected chi connectivity index (χ1v) is 10.8. The normalized spacial score (nSPS) is 15.8. The highest BCUT2D eigenvalue weighted by atomic mass is 79.9. The molecule has 3 rings (SSSR count). The number of nitrogens with zero attached hydrogens (tertiary/aromatic N) is 2. The number of benzene rings is 2. The molecule has 0 aromatic heterocycles. The zero-order valence-electron chi connectivity index (χ0n) is 17.2. The zero-order valence-corrected chi connectivity index (χ0v) is 18.8. The third-order valence-electron chi connectivity index (χ3n) is 5.21. The van der Waals surface area contributed by atoms with Crippen molar-refractivity contribution in [3.05, 3.63) is 64.1 Å². The van der Waals surface area contributed by atoms with Crippen molar-refractivity contribution in [1.82, 2.24) is 9.80 Å². The monoisotopic (exact) mass is 457 g/mol. The molecule has 1 aliphatic heterocycles. The van der Waals surface area contributed by atoms with Crippen molar-refractivity contribution in [3.8, 4) is 0 Å². The van der Waals surface area contributed by atoms with E-state index in [1.807, 2.05) is 55.1 Å². The summed E-state index contributed by atoms with van der Waals surface area (Å²) in [7, 11) is 0. The highest BCUT2D eigenvalue weighted by Crippen LogP contribution is 2.29. The molecule has 6 heteroatoms. The maximum Gasteiger partial charge on any atom is 0.322 e. The molecule has 3 amide bonds. The summed E-state index contributed by atoms with van der Waals surface area (Å²) in [6, 6.07) is 15.5. The molecule has 1 heterocycles. The fraction of sp³-hybridized carbons (Fsp3) is 0.391. The summed E-state index contributed by atoms with van der Waals surface area (Å²) in [4.78, 5) is 29.5. The van der Waals surface area contributed by atoms with Gasteiger partial charge in [0.05, 0.1) is 6.04 Å². The zero-order chi connectivity index (χ0) is 21.0. The van der Waals surface area contributed by atoms with Crippen molar-refractivity contribution >= 4 is 33.6 Å². The fourth-order valence-electron chi connectivity index (χ4n) is 3.76. The summed E-state index contributed by atoms with van der Waals surface area (Å²) in [6.45, 7) is 7.43. The van der Waals surface area contributed by atoms with E-state index >= 15 is 0 Å². The van der Waals surface area contributed by atoms with Crippen LogP contribution in [0.4, 0.5) is 10.5 Å². The number of amides is 3. The number of hydrogen-bond acceptors (Lipinski definition) is 2. The molecule has 1 aliphatic rings. The van der Waals surface area contributed by atoms with Crippen LogP contribution in [0.3, 0.4) is 0 Å². The van der Waals surface area contributed by atoms with Crippen LogP contribution >= 0.6 is 15.9 Å². The van der Waals surface area contributed by atoms with Crippen LogP contribution in [-0.4, -0.2) is 41.4 Å². The van der Waals surface area contributed by atoms with Crippen molar-refractivity contribution in [3.63, 3.8) is 0 Å². The average molecular weight is 458 g/mol. The van der Waals surface area contributed by atoms with Gasteiger partial charge in [0, 0.05) is 23.2 Å². The SMILES string of the molecule is CC(C)CN(CC(=O)N1CCc2ccccc2C1C)C(=O)Nc1ccc(Br)cc1. The first-order chi connectivity index (χ1) is 13.8. The van der Waals surface area contributed by atoms with E-state index in [2.05, 4.69) is 40.3 Å². The highest BCUT2D eigenvalue weighted by molar-refractivity contribution is 9.10. The Kier molecular flexibility index (Phi) is 6.96. The summed E-state index contributed by atoms with van der Waals surface area (Å²) < 4.78 is 0.948. The van der Waals surface area contributed by atoms with Crippen LogP contribution in [0, 0.1) is 5.92 Å². The molecule has 2 aromatic carbocycles. The summed E-state index contributed by atoms with van der Waals surface area (Å²) in [5.41, 5.74) is 3.21. The summed E-state index contributed by atoms with van der Waals surface area (Å²) >= 11 is 3.39. The summed E-state index contributed by atoms with van der Waals surface area (Å²) in [5.74, 6) is 0.247. The van der Waals surface area contributed by atoms with Crippen LogP contribution in [-0.2, 0) is 11.2 Å². The smallest absolute Gasteiger partial charge is 0.322 e. The van der Waals surface area contributed by atoms with Crippen LogP contribution in [0.5, 0.6) is 0 Å². The molecule has 29 heavy (non-hydrogen) atoms. The Labute approximate surface area is 181 Å². The Bertz CT molecular complexity index is 867. The number of halogens is 1. The lowest BCUT2D eigenvalue weighted by Gasteiger charge is -2.37. The van der Waals surface area contributed by atoms with Gasteiger partial charge in [-0.2, -0.15) is 0 Å². The largest absolute Gasteiger partial charge is 0.334 e. The van der Waals surface area contributed by atoms with Gasteiger partial charge < -0.3 is 15.1 Å². The van der Waals surface area contributed by atoms with Gasteiger partial charge in [0.15, 0.2) is 0 Å². The minimum absolute atomic E-state index is 0.0152. The third kappa shape index (κ3) is 5.38. The van der Waals surface area contributed by atoms with Gasteiger partial charge in [0.25, 0.3) is 0 Å². The van der Waals surface area contributed by atoms with E-state index in [4.69, 9.17) is 0 Å². The fourth-order valence-corrected chi connectivity index (χ4v) is 4.03. The molecule has 0 aliphatic carbocycles. The Hall–Kier alpha value is -2.34. The first-order valence-electron chi connectivity index (χ1n) is 10.0. The quantitative estimate of drug-likeness (QED) is 0.679. The lowest BCUT2D eigenvalue weighted by molar-refractivity contribution is -0.134. The lowest BCUT2D eigenvalue weighted by atomic mass is 9.93. The summed E-state index contributed by atoms with van der Waals surface area (Å²) in [6.07, 6.45) is 0.849. The summed E-state index contributed by atoms with van der Waals surface area (Å²) in [5, 5.41) is 2.91. The van der Waals surface area contributed by atoms with Crippen molar-refractivity contribution < 1.29 is 9.59 Å². The van der Waals surface area contributed by atoms with Gasteiger partial charge in [-0.15, -0.1) is 0 Å². The Morgan fingerprint density at radius 1 is 1.17 bits per heavy atom. The van der Waals surface area contributed by atoms with Gasteiger partial charge >= 0.3 is 6.03 Å². The third-order valence-corrected chi connectivity index (χ3v) is 5.74. The number of fused-ring (bicyclic) bond motifs is 1. The number of nitrogens with one attached hydrogen (secondary N) is 1. The number of rotatable bonds is 5. The Morgan fingerprint density at radius 2 is 1.86 bits per heavy atom. The molecule has 5 nitrogen and oxygen atoms in total. The molecule has 2 aromatic rings. The van der Waals surface area contributed by atoms with E-state index in [1.54, 1.807) is 4.90 Å². The molecule has 1 atom stereocenters. The van der Waals surface area contributed by atoms with Gasteiger partial charge in [-0.3, -0.25) is 4.79 Å². The number of carbonyl (C=O) groups is 2. The van der Waals surface area contributed by atoms with Gasteiger partial charge in [0.2, 0.25) is 5.91 Å². The van der Waals surface area contributed by atoms with Crippen LogP contribution in [0.15, 0.2) is 53.0 Å². The molecular formula is C23H28BrN3O2. The molecule has 0 saturated carbocycles. The Balaban J connectivity index is 1.70. The number of hydrogen-bond donors (Lipinski definition) is 1. The van der Waals surface area contributed by atoms with Crippen LogP contribution < -0.4 is 5.32 Å². The van der Waals surface area contributed by atoms with E-state index in [-0.39, 0.29) is 30.4 Å². The second-order valence-corrected chi connectivity index (χ2v) is 8.84. The lowest BCUT2D eigenvalue weighted by Crippen LogP contribution is -2.48. The predicted molar refractivity (Wildman–Crippen MR) is 120 cm³/mol. The average Bonchev–Trinajstić information content (AvgIpc) is 2.69. The molecule has 0 spiro atoms. The maximum absolute atomic E-state index is 13.1. The van der Waals surface area contributed by atoms with E-state index in [0.29, 0.717) is 18.8 Å². The minimum Gasteiger partial charge on any atom is -0.334 e. The second-order valence-electron chi connectivity index (χ2n) is 7.92. The predicted octanol–water partition coefficient (Wildman–Crippen LogP) is 5.08. The second kappa shape index (κ2) is 9.44. The highest BCUT2D eigenvalue weighted by Gasteiger charge is 2.29. The minimum atomic E-state index is -0.251. The van der Waals surface area contributed by atoms with Crippen molar-refractivity contribution in [2.75, 3.05) is 25.0 Å². The van der Waals surface area contributed by atoms with Gasteiger partial charge in [-0.1, -0.05) is 54.0 Å². The van der Waals surface area contributed by atoms with Crippen LogP contribution in [0.2, 0.25) is 0 Å². The molecule has 1 N–H and O–H groups in total. The maximum atomic E-state index is 13.1. The number of carbonyl (C=O) groups excluding carboxylic acids is 2. The van der Waals surface area contributed by atoms with Gasteiger partial charge in [-0.25, -0.2) is 4.79 Å². The topological polar surface area (TPSA) is 52.7 Å².